The van der Waals surface area contributed by atoms with Gasteiger partial charge in [-0.1, -0.05) is 18.2 Å². The molecule has 1 saturated heterocycles. The molecule has 126 valence electrons. The first-order valence-corrected chi connectivity index (χ1v) is 8.93. The van der Waals surface area contributed by atoms with Crippen molar-refractivity contribution in [1.82, 2.24) is 0 Å². The van der Waals surface area contributed by atoms with E-state index >= 15 is 0 Å². The Bertz CT molecular complexity index is 692. The number of halogens is 1. The number of para-hydroxylation sites is 1. The number of anilines is 1. The highest BCUT2D eigenvalue weighted by Crippen LogP contribution is 2.39. The maximum atomic E-state index is 12.9. The predicted octanol–water partition coefficient (Wildman–Crippen LogP) is 3.99. The number of hydrogen-bond acceptors (Lipinski definition) is 4. The monoisotopic (exact) mass is 345 g/mol. The summed E-state index contributed by atoms with van der Waals surface area (Å²) in [6, 6.07) is 16.1. The van der Waals surface area contributed by atoms with Crippen LogP contribution in [0.4, 0.5) is 10.1 Å². The fourth-order valence-electron chi connectivity index (χ4n) is 3.03. The van der Waals surface area contributed by atoms with E-state index in [1.54, 1.807) is 18.9 Å². The van der Waals surface area contributed by atoms with Gasteiger partial charge in [-0.15, -0.1) is 11.8 Å². The van der Waals surface area contributed by atoms with Crippen LogP contribution in [0.1, 0.15) is 17.3 Å². The molecule has 1 aliphatic rings. The normalized spacial score (nSPS) is 23.0. The van der Waals surface area contributed by atoms with E-state index in [1.807, 2.05) is 18.2 Å². The molecule has 1 heterocycles. The van der Waals surface area contributed by atoms with Crippen LogP contribution in [0.5, 0.6) is 0 Å². The molecule has 0 aromatic heterocycles. The van der Waals surface area contributed by atoms with Crippen molar-refractivity contribution in [3.8, 4) is 0 Å². The Morgan fingerprint density at radius 1 is 1.17 bits per heavy atom. The van der Waals surface area contributed by atoms with E-state index in [0.29, 0.717) is 11.3 Å². The number of hydrogen-bond donors (Lipinski definition) is 0. The quantitative estimate of drug-likeness (QED) is 0.741. The van der Waals surface area contributed by atoms with Gasteiger partial charge in [-0.05, 0) is 43.3 Å². The number of rotatable bonds is 6. The van der Waals surface area contributed by atoms with Gasteiger partial charge in [-0.25, -0.2) is 4.39 Å². The highest BCUT2D eigenvalue weighted by molar-refractivity contribution is 8.00. The molecule has 0 N–H and O–H groups in total. The maximum absolute atomic E-state index is 12.9. The largest absolute Gasteiger partial charge is 0.360 e. The summed E-state index contributed by atoms with van der Waals surface area (Å²) in [7, 11) is 1.70. The van der Waals surface area contributed by atoms with Crippen molar-refractivity contribution >= 4 is 23.2 Å². The molecule has 1 aliphatic heterocycles. The van der Waals surface area contributed by atoms with Crippen LogP contribution in [0, 0.1) is 5.82 Å². The lowest BCUT2D eigenvalue weighted by atomic mass is 10.0. The molecule has 3 nitrogen and oxygen atoms in total. The van der Waals surface area contributed by atoms with Crippen LogP contribution in [0.2, 0.25) is 0 Å². The van der Waals surface area contributed by atoms with Crippen molar-refractivity contribution in [2.75, 3.05) is 17.8 Å². The number of carbonyl (C=O) groups is 1. The van der Waals surface area contributed by atoms with Crippen molar-refractivity contribution < 1.29 is 13.9 Å². The Kier molecular flexibility index (Phi) is 5.21. The summed E-state index contributed by atoms with van der Waals surface area (Å²) >= 11 is 1.60. The molecule has 0 amide bonds. The third-order valence-electron chi connectivity index (χ3n) is 4.34. The zero-order chi connectivity index (χ0) is 17.1. The molecule has 1 fully saturated rings. The van der Waals surface area contributed by atoms with Gasteiger partial charge in [0, 0.05) is 24.4 Å². The molecule has 0 radical (unpaired) electrons. The molecule has 2 aromatic rings. The van der Waals surface area contributed by atoms with Gasteiger partial charge in [0.15, 0.2) is 5.78 Å². The Labute approximate surface area is 145 Å². The molecule has 0 bridgehead atoms. The van der Waals surface area contributed by atoms with Crippen molar-refractivity contribution in [3.05, 3.63) is 66.0 Å². The van der Waals surface area contributed by atoms with E-state index in [1.165, 1.54) is 24.3 Å². The van der Waals surface area contributed by atoms with Crippen molar-refractivity contribution in [2.24, 2.45) is 0 Å². The van der Waals surface area contributed by atoms with E-state index in [2.05, 4.69) is 24.0 Å². The average Bonchev–Trinajstić information content (AvgIpc) is 2.60. The number of thioether (sulfide) groups is 1. The molecule has 0 saturated carbocycles. The molecule has 3 unspecified atom stereocenters. The fraction of sp³-hybridized carbons (Fsp3) is 0.316. The van der Waals surface area contributed by atoms with Crippen molar-refractivity contribution in [2.45, 2.75) is 24.4 Å². The van der Waals surface area contributed by atoms with E-state index in [4.69, 9.17) is 4.74 Å². The number of nitrogens with zero attached hydrogens (tertiary/aromatic N) is 1. The highest BCUT2D eigenvalue weighted by Gasteiger charge is 2.46. The minimum absolute atomic E-state index is 0.0141. The van der Waals surface area contributed by atoms with Crippen molar-refractivity contribution in [3.63, 3.8) is 0 Å². The summed E-state index contributed by atoms with van der Waals surface area (Å²) in [5, 5.41) is 0.222. The number of benzene rings is 2. The molecular formula is C19H20FNO2S. The lowest BCUT2D eigenvalue weighted by molar-refractivity contribution is 0.0411. The van der Waals surface area contributed by atoms with Gasteiger partial charge >= 0.3 is 0 Å². The topological polar surface area (TPSA) is 29.5 Å². The molecule has 24 heavy (non-hydrogen) atoms. The van der Waals surface area contributed by atoms with Gasteiger partial charge in [0.25, 0.3) is 0 Å². The zero-order valence-corrected chi connectivity index (χ0v) is 14.5. The van der Waals surface area contributed by atoms with Gasteiger partial charge in [-0.2, -0.15) is 0 Å². The van der Waals surface area contributed by atoms with Gasteiger partial charge in [0.05, 0.1) is 11.0 Å². The molecule has 3 rings (SSSR count). The lowest BCUT2D eigenvalue weighted by Crippen LogP contribution is -2.66. The number of carbonyl (C=O) groups excluding carboxylic acids is 1. The highest BCUT2D eigenvalue weighted by atomic mass is 32.2. The number of Topliss-reactive ketones (excluding diaryl/α,β-unsaturated/α-hetero) is 1. The Morgan fingerprint density at radius 3 is 2.46 bits per heavy atom. The number of ether oxygens (including phenoxy) is 1. The predicted molar refractivity (Wildman–Crippen MR) is 96.2 cm³/mol. The van der Waals surface area contributed by atoms with E-state index < -0.39 is 0 Å². The second kappa shape index (κ2) is 7.36. The molecule has 0 spiro atoms. The molecule has 3 atom stereocenters. The van der Waals surface area contributed by atoms with Crippen LogP contribution in [-0.4, -0.2) is 36.2 Å². The first kappa shape index (κ1) is 17.0. The van der Waals surface area contributed by atoms with Crippen LogP contribution in [0.3, 0.4) is 0 Å². The van der Waals surface area contributed by atoms with Gasteiger partial charge in [0.1, 0.15) is 12.0 Å². The Hall–Kier alpha value is -1.85. The van der Waals surface area contributed by atoms with E-state index in [-0.39, 0.29) is 29.1 Å². The third kappa shape index (κ3) is 3.32. The second-order valence-corrected chi connectivity index (χ2v) is 6.98. The standard InChI is InChI=1S/C19H20FNO2S/c1-13-18(19(23-2)21(13)16-6-4-3-5-7-16)24-12-17(22)14-8-10-15(20)11-9-14/h3-11,13,18-19H,12H2,1-2H3. The van der Waals surface area contributed by atoms with Gasteiger partial charge in [0.2, 0.25) is 0 Å². The SMILES string of the molecule is COC1C(SCC(=O)c2ccc(F)cc2)C(C)N1c1ccccc1. The number of ketones is 1. The number of methoxy groups -OCH3 is 1. The summed E-state index contributed by atoms with van der Waals surface area (Å²) < 4.78 is 18.6. The van der Waals surface area contributed by atoms with Gasteiger partial charge in [-0.3, -0.25) is 4.79 Å². The van der Waals surface area contributed by atoms with Crippen LogP contribution in [0.15, 0.2) is 54.6 Å². The summed E-state index contributed by atoms with van der Waals surface area (Å²) in [5.41, 5.74) is 1.67. The lowest BCUT2D eigenvalue weighted by Gasteiger charge is -2.53. The third-order valence-corrected chi connectivity index (χ3v) is 5.78. The van der Waals surface area contributed by atoms with E-state index in [9.17, 15) is 9.18 Å². The maximum Gasteiger partial charge on any atom is 0.172 e. The van der Waals surface area contributed by atoms with Crippen LogP contribution < -0.4 is 4.90 Å². The molecule has 0 aliphatic carbocycles. The fourth-order valence-corrected chi connectivity index (χ4v) is 4.35. The minimum atomic E-state index is -0.329. The first-order chi connectivity index (χ1) is 11.6. The summed E-state index contributed by atoms with van der Waals surface area (Å²) in [6.45, 7) is 2.14. The minimum Gasteiger partial charge on any atom is -0.360 e. The molecule has 5 heteroatoms. The van der Waals surface area contributed by atoms with Crippen LogP contribution in [0.25, 0.3) is 0 Å². The van der Waals surface area contributed by atoms with Gasteiger partial charge < -0.3 is 9.64 Å². The average molecular weight is 345 g/mol. The Balaban J connectivity index is 1.61. The Morgan fingerprint density at radius 2 is 1.83 bits per heavy atom. The van der Waals surface area contributed by atoms with E-state index in [0.717, 1.165) is 5.69 Å². The van der Waals surface area contributed by atoms with Crippen LogP contribution in [-0.2, 0) is 4.74 Å². The molecule has 2 aromatic carbocycles. The first-order valence-electron chi connectivity index (χ1n) is 7.88. The summed E-state index contributed by atoms with van der Waals surface area (Å²) in [4.78, 5) is 14.5. The summed E-state index contributed by atoms with van der Waals surface area (Å²) in [5.74, 6) is 0.0494. The summed E-state index contributed by atoms with van der Waals surface area (Å²) in [6.07, 6.45) is -0.0478. The smallest absolute Gasteiger partial charge is 0.172 e. The molecular weight excluding hydrogens is 325 g/mol. The van der Waals surface area contributed by atoms with Crippen LogP contribution >= 0.6 is 11.8 Å². The van der Waals surface area contributed by atoms with Crippen molar-refractivity contribution in [1.29, 1.82) is 0 Å². The zero-order valence-electron chi connectivity index (χ0n) is 13.7. The second-order valence-electron chi connectivity index (χ2n) is 5.82.